The molecule has 1 unspecified atom stereocenters. The summed E-state index contributed by atoms with van der Waals surface area (Å²) in [6.45, 7) is 2.65. The highest BCUT2D eigenvalue weighted by molar-refractivity contribution is 5.80. The Kier molecular flexibility index (Phi) is 3.92. The van der Waals surface area contributed by atoms with Crippen LogP contribution < -0.4 is 10.5 Å². The van der Waals surface area contributed by atoms with E-state index in [2.05, 4.69) is 11.8 Å². The summed E-state index contributed by atoms with van der Waals surface area (Å²) in [5, 5.41) is 0. The third kappa shape index (κ3) is 2.71. The summed E-state index contributed by atoms with van der Waals surface area (Å²) in [6.07, 6.45) is 13.4. The molecule has 4 nitrogen and oxygen atoms in total. The minimum atomic E-state index is -0.610. The van der Waals surface area contributed by atoms with Gasteiger partial charge < -0.3 is 15.2 Å². The van der Waals surface area contributed by atoms with Gasteiger partial charge in [-0.05, 0) is 43.6 Å². The van der Waals surface area contributed by atoms with Crippen LogP contribution in [0.25, 0.3) is 5.57 Å². The first-order valence-electron chi connectivity index (χ1n) is 9.72. The van der Waals surface area contributed by atoms with Crippen molar-refractivity contribution in [2.24, 2.45) is 16.1 Å². The van der Waals surface area contributed by atoms with Crippen LogP contribution in [0.4, 0.5) is 4.39 Å². The maximum atomic E-state index is 15.1. The van der Waals surface area contributed by atoms with Crippen LogP contribution in [-0.2, 0) is 10.3 Å². The van der Waals surface area contributed by atoms with E-state index in [4.69, 9.17) is 20.2 Å². The van der Waals surface area contributed by atoms with Crippen LogP contribution in [0.1, 0.15) is 30.9 Å². The lowest BCUT2D eigenvalue weighted by molar-refractivity contribution is 0.0866. The number of allylic oxidation sites excluding steroid dienone is 8. The molecule has 5 heteroatoms. The monoisotopic (exact) mass is 388 g/mol. The smallest absolute Gasteiger partial charge is 0.283 e. The molecule has 146 valence electrons. The maximum Gasteiger partial charge on any atom is 0.283 e. The largest absolute Gasteiger partial charge is 0.492 e. The number of aliphatic imine (C=N–C) groups is 1. The van der Waals surface area contributed by atoms with Gasteiger partial charge in [0.25, 0.3) is 6.02 Å². The average molecular weight is 388 g/mol. The van der Waals surface area contributed by atoms with Crippen molar-refractivity contribution in [2.75, 3.05) is 13.2 Å². The third-order valence-corrected chi connectivity index (χ3v) is 6.14. The molecule has 2 spiro atoms. The molecule has 4 aliphatic rings. The van der Waals surface area contributed by atoms with Crippen LogP contribution >= 0.6 is 0 Å². The SMILES string of the molecule is CC#CC1=C/C(c2cc3c(cc2F)OCC2(CC2)C32COC(N)=N2)=C\C=C\C=C\1. The number of amidine groups is 1. The number of halogens is 1. The van der Waals surface area contributed by atoms with E-state index in [9.17, 15) is 0 Å². The van der Waals surface area contributed by atoms with Gasteiger partial charge in [-0.25, -0.2) is 9.38 Å². The zero-order valence-corrected chi connectivity index (χ0v) is 16.2. The first-order chi connectivity index (χ1) is 14.1. The van der Waals surface area contributed by atoms with Gasteiger partial charge in [0.1, 0.15) is 23.7 Å². The average Bonchev–Trinajstić information content (AvgIpc) is 3.37. The summed E-state index contributed by atoms with van der Waals surface area (Å²) in [5.41, 5.74) is 8.06. The van der Waals surface area contributed by atoms with Gasteiger partial charge in [-0.1, -0.05) is 30.2 Å². The second-order valence-corrected chi connectivity index (χ2v) is 7.84. The third-order valence-electron chi connectivity index (χ3n) is 6.14. The van der Waals surface area contributed by atoms with Crippen molar-refractivity contribution in [1.29, 1.82) is 0 Å². The number of benzene rings is 1. The fourth-order valence-electron chi connectivity index (χ4n) is 4.43. The lowest BCUT2D eigenvalue weighted by Gasteiger charge is -2.39. The molecular formula is C24H21FN2O2. The van der Waals surface area contributed by atoms with E-state index in [0.29, 0.717) is 24.5 Å². The number of hydrogen-bond donors (Lipinski definition) is 1. The van der Waals surface area contributed by atoms with E-state index in [1.807, 2.05) is 42.5 Å². The molecule has 1 aromatic rings. The Labute approximate surface area is 169 Å². The van der Waals surface area contributed by atoms with Crippen LogP contribution in [0.2, 0.25) is 0 Å². The normalized spacial score (nSPS) is 31.3. The summed E-state index contributed by atoms with van der Waals surface area (Å²) in [5.74, 6) is 6.14. The minimum absolute atomic E-state index is 0.122. The maximum absolute atomic E-state index is 15.1. The van der Waals surface area contributed by atoms with Crippen molar-refractivity contribution < 1.29 is 13.9 Å². The van der Waals surface area contributed by atoms with Crippen molar-refractivity contribution in [3.05, 3.63) is 71.1 Å². The van der Waals surface area contributed by atoms with E-state index in [-0.39, 0.29) is 17.3 Å². The summed E-state index contributed by atoms with van der Waals surface area (Å²) in [4.78, 5) is 4.72. The highest BCUT2D eigenvalue weighted by atomic mass is 19.1. The number of hydrogen-bond acceptors (Lipinski definition) is 4. The van der Waals surface area contributed by atoms with Gasteiger partial charge in [-0.15, -0.1) is 5.92 Å². The van der Waals surface area contributed by atoms with Crippen LogP contribution in [0.5, 0.6) is 5.75 Å². The molecule has 29 heavy (non-hydrogen) atoms. The predicted molar refractivity (Wildman–Crippen MR) is 111 cm³/mol. The lowest BCUT2D eigenvalue weighted by atomic mass is 9.74. The van der Waals surface area contributed by atoms with E-state index >= 15 is 4.39 Å². The standard InChI is InChI=1S/C24H21FN2O2/c1-2-6-16-7-4-3-5-8-17(11-16)18-12-19-21(13-20(18)25)28-14-23(9-10-23)24(19)15-29-22(26)27-24/h3-5,7-8,11-13H,9-10,14-15H2,1H3,(H2,26,27)/b4-3?,5-3+,7-4+,8-5?,16-7?,16-11-,17-8+,17-11?. The topological polar surface area (TPSA) is 56.8 Å². The summed E-state index contributed by atoms with van der Waals surface area (Å²) < 4.78 is 26.7. The molecule has 1 atom stereocenters. The number of nitrogens with two attached hydrogens (primary N) is 1. The minimum Gasteiger partial charge on any atom is -0.492 e. The number of nitrogens with zero attached hydrogens (tertiary/aromatic N) is 1. The van der Waals surface area contributed by atoms with Gasteiger partial charge in [0.15, 0.2) is 0 Å². The van der Waals surface area contributed by atoms with Crippen molar-refractivity contribution in [2.45, 2.75) is 25.3 Å². The van der Waals surface area contributed by atoms with Crippen molar-refractivity contribution in [1.82, 2.24) is 0 Å². The summed E-state index contributed by atoms with van der Waals surface area (Å²) >= 11 is 0. The quantitative estimate of drug-likeness (QED) is 0.740. The van der Waals surface area contributed by atoms with Crippen molar-refractivity contribution in [3.8, 4) is 17.6 Å². The zero-order valence-electron chi connectivity index (χ0n) is 16.2. The second-order valence-electron chi connectivity index (χ2n) is 7.84. The Balaban J connectivity index is 1.68. The first kappa shape index (κ1) is 17.8. The fraction of sp³-hybridized carbons (Fsp3) is 0.292. The molecule has 0 radical (unpaired) electrons. The van der Waals surface area contributed by atoms with Crippen LogP contribution in [-0.4, -0.2) is 19.2 Å². The Bertz CT molecular complexity index is 1110. The zero-order chi connectivity index (χ0) is 20.1. The van der Waals surface area contributed by atoms with Crippen molar-refractivity contribution in [3.63, 3.8) is 0 Å². The highest BCUT2D eigenvalue weighted by Crippen LogP contribution is 2.65. The molecule has 0 bridgehead atoms. The first-order valence-corrected chi connectivity index (χ1v) is 9.72. The Hall–Kier alpha value is -3.26. The summed E-state index contributed by atoms with van der Waals surface area (Å²) in [6, 6.07) is 3.51. The molecule has 1 saturated carbocycles. The molecule has 2 aliphatic heterocycles. The fourth-order valence-corrected chi connectivity index (χ4v) is 4.43. The molecule has 5 rings (SSSR count). The van der Waals surface area contributed by atoms with E-state index < -0.39 is 5.54 Å². The van der Waals surface area contributed by atoms with E-state index in [1.165, 1.54) is 6.07 Å². The van der Waals surface area contributed by atoms with Crippen LogP contribution in [0.3, 0.4) is 0 Å². The molecule has 2 heterocycles. The van der Waals surface area contributed by atoms with E-state index in [1.54, 1.807) is 6.92 Å². The second kappa shape index (κ2) is 6.38. The van der Waals surface area contributed by atoms with Gasteiger partial charge in [0, 0.05) is 28.2 Å². The number of rotatable bonds is 1. The molecular weight excluding hydrogens is 367 g/mol. The molecule has 1 fully saturated rings. The highest BCUT2D eigenvalue weighted by Gasteiger charge is 2.66. The Morgan fingerprint density at radius 2 is 2.00 bits per heavy atom. The molecule has 2 aliphatic carbocycles. The van der Waals surface area contributed by atoms with Crippen LogP contribution in [0.15, 0.2) is 59.2 Å². The van der Waals surface area contributed by atoms with Gasteiger partial charge in [0.05, 0.1) is 6.61 Å². The van der Waals surface area contributed by atoms with Crippen molar-refractivity contribution >= 4 is 11.6 Å². The number of fused-ring (bicyclic) bond motifs is 3. The Morgan fingerprint density at radius 3 is 2.72 bits per heavy atom. The molecule has 0 aromatic heterocycles. The lowest BCUT2D eigenvalue weighted by Crippen LogP contribution is -2.44. The molecule has 0 saturated heterocycles. The predicted octanol–water partition coefficient (Wildman–Crippen LogP) is 4.00. The number of ether oxygens (including phenoxy) is 2. The summed E-state index contributed by atoms with van der Waals surface area (Å²) in [7, 11) is 0. The molecule has 0 amide bonds. The van der Waals surface area contributed by atoms with Gasteiger partial charge in [-0.3, -0.25) is 0 Å². The Morgan fingerprint density at radius 1 is 1.14 bits per heavy atom. The van der Waals surface area contributed by atoms with Gasteiger partial charge >= 0.3 is 0 Å². The van der Waals surface area contributed by atoms with E-state index in [0.717, 1.165) is 29.6 Å². The molecule has 2 N–H and O–H groups in total. The van der Waals surface area contributed by atoms with Gasteiger partial charge in [0.2, 0.25) is 0 Å². The molecule has 1 aromatic carbocycles. The van der Waals surface area contributed by atoms with Gasteiger partial charge in [-0.2, -0.15) is 0 Å². The van der Waals surface area contributed by atoms with Crippen LogP contribution in [0, 0.1) is 23.1 Å².